The minimum Gasteiger partial charge on any atom is -0.494 e. The molecule has 0 aromatic heterocycles. The SMILES string of the molecule is CCOC(C(C)C)C(NN)c1ccc(OC)c(F)c1. The van der Waals surface area contributed by atoms with E-state index in [1.54, 1.807) is 12.1 Å². The van der Waals surface area contributed by atoms with Crippen LogP contribution in [0, 0.1) is 11.7 Å². The lowest BCUT2D eigenvalue weighted by atomic mass is 9.93. The summed E-state index contributed by atoms with van der Waals surface area (Å²) in [5, 5.41) is 0. The summed E-state index contributed by atoms with van der Waals surface area (Å²) in [6, 6.07) is 4.55. The molecule has 19 heavy (non-hydrogen) atoms. The van der Waals surface area contributed by atoms with Gasteiger partial charge >= 0.3 is 0 Å². The number of halogens is 1. The van der Waals surface area contributed by atoms with Crippen LogP contribution in [0.15, 0.2) is 18.2 Å². The fraction of sp³-hybridized carbons (Fsp3) is 0.571. The molecule has 0 aliphatic heterocycles. The smallest absolute Gasteiger partial charge is 0.165 e. The summed E-state index contributed by atoms with van der Waals surface area (Å²) in [4.78, 5) is 0. The zero-order valence-electron chi connectivity index (χ0n) is 11.9. The van der Waals surface area contributed by atoms with Crippen molar-refractivity contribution in [3.8, 4) is 5.75 Å². The van der Waals surface area contributed by atoms with Crippen LogP contribution in [-0.4, -0.2) is 19.8 Å². The first-order valence-corrected chi connectivity index (χ1v) is 6.46. The standard InChI is InChI=1S/C14H23FN2O2/c1-5-19-14(9(2)3)13(17-16)10-6-7-12(18-4)11(15)8-10/h6-9,13-14,17H,5,16H2,1-4H3. The van der Waals surface area contributed by atoms with Crippen LogP contribution >= 0.6 is 0 Å². The molecule has 0 amide bonds. The second-order valence-corrected chi connectivity index (χ2v) is 4.70. The molecule has 0 saturated heterocycles. The molecular formula is C14H23FN2O2. The Bertz CT molecular complexity index is 399. The Balaban J connectivity index is 3.04. The largest absolute Gasteiger partial charge is 0.494 e. The Hall–Kier alpha value is -1.17. The highest BCUT2D eigenvalue weighted by atomic mass is 19.1. The Kier molecular flexibility index (Phi) is 6.21. The lowest BCUT2D eigenvalue weighted by Crippen LogP contribution is -2.40. The quantitative estimate of drug-likeness (QED) is 0.590. The van der Waals surface area contributed by atoms with E-state index in [1.807, 2.05) is 20.8 Å². The molecule has 4 nitrogen and oxygen atoms in total. The number of nitrogens with two attached hydrogens (primary N) is 1. The number of benzene rings is 1. The van der Waals surface area contributed by atoms with Crippen molar-refractivity contribution in [1.82, 2.24) is 5.43 Å². The van der Waals surface area contributed by atoms with Crippen molar-refractivity contribution >= 4 is 0 Å². The average Bonchev–Trinajstić information content (AvgIpc) is 2.38. The third kappa shape index (κ3) is 3.89. The highest BCUT2D eigenvalue weighted by Crippen LogP contribution is 2.27. The van der Waals surface area contributed by atoms with Gasteiger partial charge in [0.25, 0.3) is 0 Å². The molecule has 1 aromatic rings. The Labute approximate surface area is 114 Å². The number of methoxy groups -OCH3 is 1. The van der Waals surface area contributed by atoms with E-state index in [2.05, 4.69) is 5.43 Å². The zero-order valence-corrected chi connectivity index (χ0v) is 11.9. The van der Waals surface area contributed by atoms with Crippen LogP contribution in [-0.2, 0) is 4.74 Å². The lowest BCUT2D eigenvalue weighted by Gasteiger charge is -2.30. The first-order chi connectivity index (χ1) is 9.04. The van der Waals surface area contributed by atoms with Gasteiger partial charge in [-0.05, 0) is 30.5 Å². The summed E-state index contributed by atoms with van der Waals surface area (Å²) in [7, 11) is 1.44. The number of rotatable bonds is 7. The average molecular weight is 270 g/mol. The van der Waals surface area contributed by atoms with Gasteiger partial charge in [-0.2, -0.15) is 0 Å². The molecule has 2 unspecified atom stereocenters. The molecule has 1 rings (SSSR count). The third-order valence-electron chi connectivity index (χ3n) is 3.06. The fourth-order valence-corrected chi connectivity index (χ4v) is 2.12. The van der Waals surface area contributed by atoms with E-state index >= 15 is 0 Å². The number of hydrazine groups is 1. The normalized spacial score (nSPS) is 14.5. The van der Waals surface area contributed by atoms with Gasteiger partial charge in [-0.1, -0.05) is 19.9 Å². The number of hydrogen-bond acceptors (Lipinski definition) is 4. The van der Waals surface area contributed by atoms with Gasteiger partial charge in [0, 0.05) is 6.61 Å². The zero-order chi connectivity index (χ0) is 14.4. The predicted octanol–water partition coefficient (Wildman–Crippen LogP) is 2.40. The molecule has 5 heteroatoms. The summed E-state index contributed by atoms with van der Waals surface area (Å²) in [6.45, 7) is 6.60. The summed E-state index contributed by atoms with van der Waals surface area (Å²) in [5.74, 6) is 5.68. The van der Waals surface area contributed by atoms with Gasteiger partial charge < -0.3 is 9.47 Å². The maximum absolute atomic E-state index is 13.8. The molecule has 0 bridgehead atoms. The van der Waals surface area contributed by atoms with E-state index in [9.17, 15) is 4.39 Å². The van der Waals surface area contributed by atoms with Crippen molar-refractivity contribution in [1.29, 1.82) is 0 Å². The number of hydrogen-bond donors (Lipinski definition) is 2. The summed E-state index contributed by atoms with van der Waals surface area (Å²) >= 11 is 0. The van der Waals surface area contributed by atoms with Crippen LogP contribution in [0.3, 0.4) is 0 Å². The molecule has 0 heterocycles. The van der Waals surface area contributed by atoms with Gasteiger partial charge in [0.1, 0.15) is 0 Å². The van der Waals surface area contributed by atoms with Crippen molar-refractivity contribution in [3.05, 3.63) is 29.6 Å². The minimum atomic E-state index is -0.403. The minimum absolute atomic E-state index is 0.122. The molecule has 1 aromatic carbocycles. The second kappa shape index (κ2) is 7.43. The molecule has 0 spiro atoms. The van der Waals surface area contributed by atoms with Gasteiger partial charge in [-0.25, -0.2) is 4.39 Å². The first-order valence-electron chi connectivity index (χ1n) is 6.46. The summed E-state index contributed by atoms with van der Waals surface area (Å²) in [5.41, 5.74) is 3.46. The van der Waals surface area contributed by atoms with Gasteiger partial charge in [0.15, 0.2) is 11.6 Å². The van der Waals surface area contributed by atoms with Crippen molar-refractivity contribution < 1.29 is 13.9 Å². The lowest BCUT2D eigenvalue weighted by molar-refractivity contribution is 0.00270. The molecule has 0 radical (unpaired) electrons. The molecule has 2 atom stereocenters. The summed E-state index contributed by atoms with van der Waals surface area (Å²) in [6.07, 6.45) is -0.122. The molecular weight excluding hydrogens is 247 g/mol. The van der Waals surface area contributed by atoms with Crippen LogP contribution in [0.5, 0.6) is 5.75 Å². The van der Waals surface area contributed by atoms with Crippen molar-refractivity contribution in [3.63, 3.8) is 0 Å². The Morgan fingerprint density at radius 1 is 1.37 bits per heavy atom. The molecule has 0 aliphatic rings. The van der Waals surface area contributed by atoms with Crippen molar-refractivity contribution in [2.45, 2.75) is 32.9 Å². The molecule has 3 N–H and O–H groups in total. The van der Waals surface area contributed by atoms with Gasteiger partial charge in [0.05, 0.1) is 19.3 Å². The van der Waals surface area contributed by atoms with Crippen LogP contribution in [0.4, 0.5) is 4.39 Å². The monoisotopic (exact) mass is 270 g/mol. The van der Waals surface area contributed by atoms with E-state index < -0.39 is 5.82 Å². The van der Waals surface area contributed by atoms with E-state index in [4.69, 9.17) is 15.3 Å². The maximum atomic E-state index is 13.8. The Morgan fingerprint density at radius 3 is 2.47 bits per heavy atom. The summed E-state index contributed by atoms with van der Waals surface area (Å²) < 4.78 is 24.4. The van der Waals surface area contributed by atoms with Crippen LogP contribution in [0.25, 0.3) is 0 Å². The van der Waals surface area contributed by atoms with Crippen LogP contribution in [0.2, 0.25) is 0 Å². The predicted molar refractivity (Wildman–Crippen MR) is 73.3 cm³/mol. The van der Waals surface area contributed by atoms with Gasteiger partial charge in [0.2, 0.25) is 0 Å². The Morgan fingerprint density at radius 2 is 2.05 bits per heavy atom. The van der Waals surface area contributed by atoms with Gasteiger partial charge in [-0.15, -0.1) is 0 Å². The van der Waals surface area contributed by atoms with Crippen molar-refractivity contribution in [2.75, 3.05) is 13.7 Å². The molecule has 0 aliphatic carbocycles. The molecule has 0 saturated carbocycles. The third-order valence-corrected chi connectivity index (χ3v) is 3.06. The fourth-order valence-electron chi connectivity index (χ4n) is 2.12. The molecule has 108 valence electrons. The molecule has 0 fully saturated rings. The van der Waals surface area contributed by atoms with E-state index in [0.717, 1.165) is 5.56 Å². The highest BCUT2D eigenvalue weighted by Gasteiger charge is 2.26. The topological polar surface area (TPSA) is 56.5 Å². The van der Waals surface area contributed by atoms with E-state index in [-0.39, 0.29) is 23.8 Å². The van der Waals surface area contributed by atoms with Crippen LogP contribution in [0.1, 0.15) is 32.4 Å². The van der Waals surface area contributed by atoms with E-state index in [1.165, 1.54) is 13.2 Å². The van der Waals surface area contributed by atoms with Crippen LogP contribution < -0.4 is 16.0 Å². The first kappa shape index (κ1) is 15.9. The van der Waals surface area contributed by atoms with E-state index in [0.29, 0.717) is 6.61 Å². The second-order valence-electron chi connectivity index (χ2n) is 4.70. The number of ether oxygens (including phenoxy) is 2. The maximum Gasteiger partial charge on any atom is 0.165 e. The highest BCUT2D eigenvalue weighted by molar-refractivity contribution is 5.31. The van der Waals surface area contributed by atoms with Gasteiger partial charge in [-0.3, -0.25) is 11.3 Å². The number of nitrogens with one attached hydrogen (secondary N) is 1. The van der Waals surface area contributed by atoms with Crippen molar-refractivity contribution in [2.24, 2.45) is 11.8 Å².